The van der Waals surface area contributed by atoms with E-state index in [0.717, 1.165) is 18.4 Å². The first-order valence-corrected chi connectivity index (χ1v) is 8.71. The van der Waals surface area contributed by atoms with Gasteiger partial charge in [-0.1, -0.05) is 37.4 Å². The van der Waals surface area contributed by atoms with Crippen LogP contribution in [0.2, 0.25) is 5.02 Å². The van der Waals surface area contributed by atoms with E-state index in [2.05, 4.69) is 11.6 Å². The molecule has 0 spiro atoms. The summed E-state index contributed by atoms with van der Waals surface area (Å²) >= 11 is 6.05. The first-order chi connectivity index (χ1) is 9.36. The lowest BCUT2D eigenvalue weighted by atomic mass is 9.89. The summed E-state index contributed by atoms with van der Waals surface area (Å²) in [6.45, 7) is 2.93. The number of nitrogens with one attached hydrogen (secondary N) is 1. The van der Waals surface area contributed by atoms with E-state index >= 15 is 0 Å². The molecule has 0 radical (unpaired) electrons. The molecule has 1 aromatic carbocycles. The SMILES string of the molecule is CC1(CNS(=O)(=O)c2ccc(CN)cc2Cl)CCCC1. The van der Waals surface area contributed by atoms with Crippen molar-refractivity contribution >= 4 is 21.6 Å². The topological polar surface area (TPSA) is 72.2 Å². The van der Waals surface area contributed by atoms with Crippen LogP contribution in [-0.4, -0.2) is 15.0 Å². The molecule has 6 heteroatoms. The number of hydrogen-bond donors (Lipinski definition) is 2. The molecule has 1 aliphatic rings. The van der Waals surface area contributed by atoms with Crippen LogP contribution in [0.25, 0.3) is 0 Å². The van der Waals surface area contributed by atoms with Crippen LogP contribution in [0.1, 0.15) is 38.2 Å². The lowest BCUT2D eigenvalue weighted by molar-refractivity contribution is 0.336. The third-order valence-corrected chi connectivity index (χ3v) is 5.91. The predicted molar refractivity (Wildman–Crippen MR) is 81.1 cm³/mol. The van der Waals surface area contributed by atoms with Crippen LogP contribution in [0, 0.1) is 5.41 Å². The fourth-order valence-corrected chi connectivity index (χ4v) is 4.41. The molecule has 112 valence electrons. The first-order valence-electron chi connectivity index (χ1n) is 6.84. The number of sulfonamides is 1. The maximum absolute atomic E-state index is 12.3. The molecule has 0 aromatic heterocycles. The highest BCUT2D eigenvalue weighted by Crippen LogP contribution is 2.37. The Kier molecular flexibility index (Phi) is 4.74. The molecule has 1 saturated carbocycles. The van der Waals surface area contributed by atoms with Gasteiger partial charge in [0.15, 0.2) is 0 Å². The standard InChI is InChI=1S/C14H21ClN2O2S/c1-14(6-2-3-7-14)10-17-20(18,19)13-5-4-11(9-16)8-12(13)15/h4-5,8,17H,2-3,6-7,9-10,16H2,1H3. The van der Waals surface area contributed by atoms with Crippen molar-refractivity contribution in [3.8, 4) is 0 Å². The summed E-state index contributed by atoms with van der Waals surface area (Å²) < 4.78 is 27.3. The van der Waals surface area contributed by atoms with Gasteiger partial charge < -0.3 is 5.73 Å². The third-order valence-electron chi connectivity index (χ3n) is 4.02. The maximum Gasteiger partial charge on any atom is 0.242 e. The molecule has 1 aliphatic carbocycles. The molecular formula is C14H21ClN2O2S. The van der Waals surface area contributed by atoms with E-state index in [1.165, 1.54) is 18.9 Å². The number of nitrogens with two attached hydrogens (primary N) is 1. The fourth-order valence-electron chi connectivity index (χ4n) is 2.64. The molecule has 0 aliphatic heterocycles. The van der Waals surface area contributed by atoms with E-state index in [4.69, 9.17) is 17.3 Å². The van der Waals surface area contributed by atoms with Gasteiger partial charge in [0.2, 0.25) is 10.0 Å². The molecule has 3 N–H and O–H groups in total. The zero-order chi connectivity index (χ0) is 14.8. The van der Waals surface area contributed by atoms with Crippen molar-refractivity contribution in [2.24, 2.45) is 11.1 Å². The molecule has 1 fully saturated rings. The van der Waals surface area contributed by atoms with Crippen molar-refractivity contribution in [1.29, 1.82) is 0 Å². The van der Waals surface area contributed by atoms with E-state index in [9.17, 15) is 8.42 Å². The molecule has 0 bridgehead atoms. The molecule has 2 rings (SSSR count). The van der Waals surface area contributed by atoms with Crippen molar-refractivity contribution in [2.45, 2.75) is 44.0 Å². The van der Waals surface area contributed by atoms with Gasteiger partial charge in [0, 0.05) is 13.1 Å². The smallest absolute Gasteiger partial charge is 0.242 e. The molecular weight excluding hydrogens is 296 g/mol. The van der Waals surface area contributed by atoms with Gasteiger partial charge in [-0.15, -0.1) is 0 Å². The van der Waals surface area contributed by atoms with Crippen LogP contribution >= 0.6 is 11.6 Å². The van der Waals surface area contributed by atoms with Crippen LogP contribution in [0.5, 0.6) is 0 Å². The van der Waals surface area contributed by atoms with Gasteiger partial charge in [-0.2, -0.15) is 0 Å². The van der Waals surface area contributed by atoms with Crippen LogP contribution < -0.4 is 10.5 Å². The average molecular weight is 317 g/mol. The summed E-state index contributed by atoms with van der Waals surface area (Å²) in [5.41, 5.74) is 6.40. The Hall–Kier alpha value is -0.620. The van der Waals surface area contributed by atoms with Gasteiger partial charge in [-0.25, -0.2) is 13.1 Å². The van der Waals surface area contributed by atoms with Crippen LogP contribution in [0.4, 0.5) is 0 Å². The summed E-state index contributed by atoms with van der Waals surface area (Å²) in [4.78, 5) is 0.123. The molecule has 1 aromatic rings. The van der Waals surface area contributed by atoms with E-state index in [1.54, 1.807) is 12.1 Å². The summed E-state index contributed by atoms with van der Waals surface area (Å²) in [5.74, 6) is 0. The summed E-state index contributed by atoms with van der Waals surface area (Å²) in [6, 6.07) is 4.81. The predicted octanol–water partition coefficient (Wildman–Crippen LogP) is 2.66. The van der Waals surface area contributed by atoms with Crippen molar-refractivity contribution in [3.05, 3.63) is 28.8 Å². The van der Waals surface area contributed by atoms with Crippen molar-refractivity contribution < 1.29 is 8.42 Å². The number of hydrogen-bond acceptors (Lipinski definition) is 3. The molecule has 0 heterocycles. The van der Waals surface area contributed by atoms with E-state index in [1.807, 2.05) is 0 Å². The van der Waals surface area contributed by atoms with E-state index in [0.29, 0.717) is 13.1 Å². The summed E-state index contributed by atoms with van der Waals surface area (Å²) in [5, 5.41) is 0.219. The second-order valence-corrected chi connectivity index (χ2v) is 7.95. The minimum absolute atomic E-state index is 0.0662. The highest BCUT2D eigenvalue weighted by molar-refractivity contribution is 7.89. The Balaban J connectivity index is 2.14. The monoisotopic (exact) mass is 316 g/mol. The zero-order valence-corrected chi connectivity index (χ0v) is 13.2. The maximum atomic E-state index is 12.3. The lowest BCUT2D eigenvalue weighted by Gasteiger charge is -2.23. The lowest BCUT2D eigenvalue weighted by Crippen LogP contribution is -2.34. The van der Waals surface area contributed by atoms with Gasteiger partial charge in [-0.3, -0.25) is 0 Å². The molecule has 0 unspecified atom stereocenters. The number of rotatable bonds is 5. The quantitative estimate of drug-likeness (QED) is 0.877. The van der Waals surface area contributed by atoms with Gasteiger partial charge >= 0.3 is 0 Å². The summed E-state index contributed by atoms with van der Waals surface area (Å²) in [6.07, 6.45) is 4.47. The number of halogens is 1. The second-order valence-electron chi connectivity index (χ2n) is 5.81. The van der Waals surface area contributed by atoms with Crippen molar-refractivity contribution in [2.75, 3.05) is 6.54 Å². The largest absolute Gasteiger partial charge is 0.326 e. The minimum Gasteiger partial charge on any atom is -0.326 e. The molecule has 0 amide bonds. The summed E-state index contributed by atoms with van der Waals surface area (Å²) in [7, 11) is -3.56. The Morgan fingerprint density at radius 3 is 2.55 bits per heavy atom. The first kappa shape index (κ1) is 15.8. The third kappa shape index (κ3) is 3.52. The molecule has 0 atom stereocenters. The average Bonchev–Trinajstić information content (AvgIpc) is 2.84. The van der Waals surface area contributed by atoms with Gasteiger partial charge in [0.1, 0.15) is 4.90 Å². The van der Waals surface area contributed by atoms with Crippen molar-refractivity contribution in [1.82, 2.24) is 4.72 Å². The number of benzene rings is 1. The Labute approximate surface area is 125 Å². The Morgan fingerprint density at radius 1 is 1.35 bits per heavy atom. The van der Waals surface area contributed by atoms with E-state index in [-0.39, 0.29) is 15.3 Å². The van der Waals surface area contributed by atoms with Crippen molar-refractivity contribution in [3.63, 3.8) is 0 Å². The molecule has 0 saturated heterocycles. The second kappa shape index (κ2) is 6.02. The minimum atomic E-state index is -3.56. The highest BCUT2D eigenvalue weighted by atomic mass is 35.5. The molecule has 20 heavy (non-hydrogen) atoms. The van der Waals surface area contributed by atoms with Crippen LogP contribution in [-0.2, 0) is 16.6 Å². The highest BCUT2D eigenvalue weighted by Gasteiger charge is 2.30. The Morgan fingerprint density at radius 2 is 2.00 bits per heavy atom. The van der Waals surface area contributed by atoms with Gasteiger partial charge in [-0.05, 0) is 36.0 Å². The van der Waals surface area contributed by atoms with Gasteiger partial charge in [0.05, 0.1) is 5.02 Å². The van der Waals surface area contributed by atoms with Crippen LogP contribution in [0.15, 0.2) is 23.1 Å². The Bertz CT molecular complexity index is 581. The molecule has 4 nitrogen and oxygen atoms in total. The zero-order valence-electron chi connectivity index (χ0n) is 11.7. The fraction of sp³-hybridized carbons (Fsp3) is 0.571. The van der Waals surface area contributed by atoms with Crippen LogP contribution in [0.3, 0.4) is 0 Å². The normalized spacial score (nSPS) is 18.4. The van der Waals surface area contributed by atoms with Gasteiger partial charge in [0.25, 0.3) is 0 Å². The van der Waals surface area contributed by atoms with E-state index < -0.39 is 10.0 Å².